The molecule has 0 atom stereocenters. The van der Waals surface area contributed by atoms with Crippen LogP contribution in [0.2, 0.25) is 0 Å². The Morgan fingerprint density at radius 1 is 1.37 bits per heavy atom. The van der Waals surface area contributed by atoms with Crippen molar-refractivity contribution < 1.29 is 9.90 Å². The molecule has 0 saturated heterocycles. The maximum Gasteiger partial charge on any atom is 0.337 e. The van der Waals surface area contributed by atoms with Gasteiger partial charge in [-0.3, -0.25) is 4.98 Å². The van der Waals surface area contributed by atoms with E-state index in [4.69, 9.17) is 5.11 Å². The average molecular weight is 274 g/mol. The molecule has 4 nitrogen and oxygen atoms in total. The second kappa shape index (κ2) is 6.24. The number of hydrogen-bond donors (Lipinski definition) is 2. The predicted octanol–water partition coefficient (Wildman–Crippen LogP) is 3.11. The minimum atomic E-state index is -0.956. The van der Waals surface area contributed by atoms with Crippen LogP contribution in [0.5, 0.6) is 0 Å². The summed E-state index contributed by atoms with van der Waals surface area (Å²) in [4.78, 5) is 16.3. The second-order valence-electron chi connectivity index (χ2n) is 3.89. The number of aromatic nitrogens is 1. The van der Waals surface area contributed by atoms with Crippen LogP contribution in [0, 0.1) is 0 Å². The topological polar surface area (TPSA) is 62.2 Å². The molecule has 0 saturated carbocycles. The van der Waals surface area contributed by atoms with Gasteiger partial charge in [-0.2, -0.15) is 0 Å². The SMILES string of the molecule is CSc1cccc(NCc2ncccc2C(=O)O)c1. The Kier molecular flexibility index (Phi) is 4.41. The molecule has 0 fully saturated rings. The first-order chi connectivity index (χ1) is 9.20. The molecule has 5 heteroatoms. The summed E-state index contributed by atoms with van der Waals surface area (Å²) in [7, 11) is 0. The summed E-state index contributed by atoms with van der Waals surface area (Å²) in [5, 5.41) is 12.3. The van der Waals surface area contributed by atoms with Gasteiger partial charge in [0, 0.05) is 16.8 Å². The van der Waals surface area contributed by atoms with Crippen LogP contribution < -0.4 is 5.32 Å². The zero-order valence-corrected chi connectivity index (χ0v) is 11.3. The molecule has 0 amide bonds. The third-order valence-electron chi connectivity index (χ3n) is 2.65. The van der Waals surface area contributed by atoms with Crippen LogP contribution in [-0.2, 0) is 6.54 Å². The standard InChI is InChI=1S/C14H14N2O2S/c1-19-11-5-2-4-10(8-11)16-9-13-12(14(17)18)6-3-7-15-13/h2-8,16H,9H2,1H3,(H,17,18). The molecular formula is C14H14N2O2S. The van der Waals surface area contributed by atoms with Gasteiger partial charge in [0.1, 0.15) is 0 Å². The van der Waals surface area contributed by atoms with E-state index < -0.39 is 5.97 Å². The summed E-state index contributed by atoms with van der Waals surface area (Å²) in [5.74, 6) is -0.956. The van der Waals surface area contributed by atoms with Crippen molar-refractivity contribution in [3.63, 3.8) is 0 Å². The molecule has 0 radical (unpaired) electrons. The van der Waals surface area contributed by atoms with Gasteiger partial charge in [0.05, 0.1) is 17.8 Å². The first kappa shape index (κ1) is 13.4. The first-order valence-corrected chi connectivity index (χ1v) is 6.98. The number of benzene rings is 1. The van der Waals surface area contributed by atoms with Crippen molar-refractivity contribution in [2.45, 2.75) is 11.4 Å². The highest BCUT2D eigenvalue weighted by atomic mass is 32.2. The normalized spacial score (nSPS) is 10.2. The molecule has 0 aliphatic rings. The van der Waals surface area contributed by atoms with Crippen molar-refractivity contribution in [1.82, 2.24) is 4.98 Å². The lowest BCUT2D eigenvalue weighted by Crippen LogP contribution is -2.09. The largest absolute Gasteiger partial charge is 0.478 e. The number of pyridine rings is 1. The highest BCUT2D eigenvalue weighted by Crippen LogP contribution is 2.19. The third kappa shape index (κ3) is 3.48. The second-order valence-corrected chi connectivity index (χ2v) is 4.77. The Morgan fingerprint density at radius 2 is 2.21 bits per heavy atom. The minimum Gasteiger partial charge on any atom is -0.478 e. The van der Waals surface area contributed by atoms with Crippen molar-refractivity contribution >= 4 is 23.4 Å². The summed E-state index contributed by atoms with van der Waals surface area (Å²) in [6, 6.07) is 11.1. The summed E-state index contributed by atoms with van der Waals surface area (Å²) < 4.78 is 0. The molecule has 1 aromatic heterocycles. The van der Waals surface area contributed by atoms with E-state index in [9.17, 15) is 4.79 Å². The van der Waals surface area contributed by atoms with Gasteiger partial charge in [-0.1, -0.05) is 6.07 Å². The van der Waals surface area contributed by atoms with Crippen molar-refractivity contribution in [2.75, 3.05) is 11.6 Å². The zero-order chi connectivity index (χ0) is 13.7. The fourth-order valence-electron chi connectivity index (χ4n) is 1.69. The lowest BCUT2D eigenvalue weighted by Gasteiger charge is -2.09. The number of nitrogens with one attached hydrogen (secondary N) is 1. The Hall–Kier alpha value is -2.01. The summed E-state index contributed by atoms with van der Waals surface area (Å²) in [6.07, 6.45) is 3.61. The molecule has 0 bridgehead atoms. The van der Waals surface area contributed by atoms with Gasteiger partial charge < -0.3 is 10.4 Å². The molecule has 2 rings (SSSR count). The summed E-state index contributed by atoms with van der Waals surface area (Å²) in [5.41, 5.74) is 1.72. The van der Waals surface area contributed by atoms with Crippen LogP contribution in [0.1, 0.15) is 16.1 Å². The minimum absolute atomic E-state index is 0.232. The van der Waals surface area contributed by atoms with Gasteiger partial charge in [0.2, 0.25) is 0 Å². The van der Waals surface area contributed by atoms with Gasteiger partial charge in [-0.15, -0.1) is 11.8 Å². The number of rotatable bonds is 5. The van der Waals surface area contributed by atoms with Crippen LogP contribution in [0.25, 0.3) is 0 Å². The highest BCUT2D eigenvalue weighted by Gasteiger charge is 2.09. The van der Waals surface area contributed by atoms with Gasteiger partial charge in [0.15, 0.2) is 0 Å². The van der Waals surface area contributed by atoms with Crippen LogP contribution in [0.15, 0.2) is 47.5 Å². The fourth-order valence-corrected chi connectivity index (χ4v) is 2.15. The lowest BCUT2D eigenvalue weighted by molar-refractivity contribution is 0.0695. The maximum atomic E-state index is 11.1. The van der Waals surface area contributed by atoms with E-state index in [2.05, 4.69) is 10.3 Å². The zero-order valence-electron chi connectivity index (χ0n) is 10.5. The van der Waals surface area contributed by atoms with E-state index in [0.29, 0.717) is 12.2 Å². The predicted molar refractivity (Wildman–Crippen MR) is 76.7 cm³/mol. The van der Waals surface area contributed by atoms with Crippen molar-refractivity contribution in [2.24, 2.45) is 0 Å². The number of nitrogens with zero attached hydrogens (tertiary/aromatic N) is 1. The van der Waals surface area contributed by atoms with E-state index in [1.807, 2.05) is 30.5 Å². The molecule has 2 aromatic rings. The monoisotopic (exact) mass is 274 g/mol. The van der Waals surface area contributed by atoms with E-state index in [-0.39, 0.29) is 5.56 Å². The van der Waals surface area contributed by atoms with Gasteiger partial charge in [-0.25, -0.2) is 4.79 Å². The quantitative estimate of drug-likeness (QED) is 0.820. The number of thioether (sulfide) groups is 1. The Morgan fingerprint density at radius 3 is 2.95 bits per heavy atom. The van der Waals surface area contributed by atoms with Gasteiger partial charge in [-0.05, 0) is 36.6 Å². The Labute approximate surface area is 115 Å². The van der Waals surface area contributed by atoms with Gasteiger partial charge in [0.25, 0.3) is 0 Å². The smallest absolute Gasteiger partial charge is 0.337 e. The first-order valence-electron chi connectivity index (χ1n) is 5.76. The maximum absolute atomic E-state index is 11.1. The van der Waals surface area contributed by atoms with E-state index in [1.54, 1.807) is 30.1 Å². The van der Waals surface area contributed by atoms with E-state index >= 15 is 0 Å². The Balaban J connectivity index is 2.12. The lowest BCUT2D eigenvalue weighted by atomic mass is 10.2. The molecule has 0 aliphatic heterocycles. The van der Waals surface area contributed by atoms with Gasteiger partial charge >= 0.3 is 5.97 Å². The number of anilines is 1. The third-order valence-corrected chi connectivity index (χ3v) is 3.38. The Bertz CT molecular complexity index is 587. The van der Waals surface area contributed by atoms with Crippen LogP contribution in [-0.4, -0.2) is 22.3 Å². The number of hydrogen-bond acceptors (Lipinski definition) is 4. The molecule has 1 heterocycles. The number of aromatic carboxylic acids is 1. The average Bonchev–Trinajstić information content (AvgIpc) is 2.45. The molecule has 1 aromatic carbocycles. The summed E-state index contributed by atoms with van der Waals surface area (Å²) in [6.45, 7) is 0.389. The van der Waals surface area contributed by atoms with Crippen molar-refractivity contribution in [3.05, 3.63) is 53.9 Å². The van der Waals surface area contributed by atoms with Crippen LogP contribution in [0.3, 0.4) is 0 Å². The molecule has 0 spiro atoms. The van der Waals surface area contributed by atoms with E-state index in [0.717, 1.165) is 10.6 Å². The fraction of sp³-hybridized carbons (Fsp3) is 0.143. The number of carboxylic acid groups (broad SMARTS) is 1. The molecule has 0 aliphatic carbocycles. The molecule has 98 valence electrons. The number of carboxylic acids is 1. The molecule has 19 heavy (non-hydrogen) atoms. The molecule has 0 unspecified atom stereocenters. The molecule has 2 N–H and O–H groups in total. The summed E-state index contributed by atoms with van der Waals surface area (Å²) >= 11 is 1.66. The van der Waals surface area contributed by atoms with E-state index in [1.165, 1.54) is 0 Å². The van der Waals surface area contributed by atoms with Crippen LogP contribution in [0.4, 0.5) is 5.69 Å². The highest BCUT2D eigenvalue weighted by molar-refractivity contribution is 7.98. The molecular weight excluding hydrogens is 260 g/mol. The van der Waals surface area contributed by atoms with Crippen molar-refractivity contribution in [3.8, 4) is 0 Å². The number of carbonyl (C=O) groups is 1. The van der Waals surface area contributed by atoms with Crippen molar-refractivity contribution in [1.29, 1.82) is 0 Å². The van der Waals surface area contributed by atoms with Crippen LogP contribution >= 0.6 is 11.8 Å².